The second-order valence-corrected chi connectivity index (χ2v) is 9.43. The van der Waals surface area contributed by atoms with Gasteiger partial charge in [-0.1, -0.05) is 19.9 Å². The number of nitrogens with one attached hydrogen (secondary N) is 1. The molecule has 1 N–H and O–H groups in total. The average molecular weight is 565 g/mol. The number of benzene rings is 2. The van der Waals surface area contributed by atoms with Gasteiger partial charge in [-0.3, -0.25) is 14.1 Å². The molecule has 3 aromatic heterocycles. The molecule has 214 valence electrons. The van der Waals surface area contributed by atoms with Crippen molar-refractivity contribution in [2.75, 3.05) is 38.2 Å². The molecule has 41 heavy (non-hydrogen) atoms. The lowest BCUT2D eigenvalue weighted by molar-refractivity contribution is -0.137. The van der Waals surface area contributed by atoms with Crippen molar-refractivity contribution in [1.82, 2.24) is 24.4 Å². The molecule has 1 saturated heterocycles. The number of pyridine rings is 2. The van der Waals surface area contributed by atoms with Crippen LogP contribution in [0.4, 0.5) is 18.9 Å². The highest BCUT2D eigenvalue weighted by Crippen LogP contribution is 2.39. The minimum atomic E-state index is -4.59. The molecular formula is C30H31F3N6O2. The average Bonchev–Trinajstić information content (AvgIpc) is 3.27. The van der Waals surface area contributed by atoms with E-state index in [9.17, 15) is 18.0 Å². The lowest BCUT2D eigenvalue weighted by Crippen LogP contribution is -2.44. The first kappa shape index (κ1) is 28.2. The maximum Gasteiger partial charge on any atom is 0.418 e. The number of halogens is 3. The molecule has 1 aliphatic heterocycles. The highest BCUT2D eigenvalue weighted by Gasteiger charge is 2.36. The van der Waals surface area contributed by atoms with Gasteiger partial charge in [-0.2, -0.15) is 13.2 Å². The van der Waals surface area contributed by atoms with Crippen molar-refractivity contribution in [2.24, 2.45) is 7.05 Å². The van der Waals surface area contributed by atoms with Crippen molar-refractivity contribution in [3.63, 3.8) is 0 Å². The SMILES string of the molecule is CC.COc1ccc(-c2ccc3ncc4c(c3c2)n(-c2ccc(N3CCNCC3)c(C(F)(F)F)c2)c(=O)n4C)cn1. The third-order valence-corrected chi connectivity index (χ3v) is 7.16. The van der Waals surface area contributed by atoms with Gasteiger partial charge in [0, 0.05) is 62.1 Å². The number of ether oxygens (including phenoxy) is 1. The van der Waals surface area contributed by atoms with Gasteiger partial charge in [0.1, 0.15) is 0 Å². The fourth-order valence-corrected chi connectivity index (χ4v) is 5.16. The Bertz CT molecular complexity index is 1750. The molecule has 1 aliphatic rings. The molecule has 0 spiro atoms. The van der Waals surface area contributed by atoms with Crippen LogP contribution < -0.4 is 20.6 Å². The molecule has 11 heteroatoms. The van der Waals surface area contributed by atoms with E-state index in [1.165, 1.54) is 22.3 Å². The molecule has 0 radical (unpaired) electrons. The summed E-state index contributed by atoms with van der Waals surface area (Å²) in [6.07, 6.45) is -1.34. The maximum atomic E-state index is 14.3. The summed E-state index contributed by atoms with van der Waals surface area (Å²) in [7, 11) is 3.13. The summed E-state index contributed by atoms with van der Waals surface area (Å²) in [6, 6.07) is 13.3. The van der Waals surface area contributed by atoms with Crippen LogP contribution in [-0.2, 0) is 13.2 Å². The zero-order chi connectivity index (χ0) is 29.3. The lowest BCUT2D eigenvalue weighted by Gasteiger charge is -2.31. The Kier molecular flexibility index (Phi) is 7.72. The van der Waals surface area contributed by atoms with Gasteiger partial charge in [0.2, 0.25) is 5.88 Å². The molecule has 8 nitrogen and oxygen atoms in total. The normalized spacial score (nSPS) is 13.8. The van der Waals surface area contributed by atoms with E-state index in [-0.39, 0.29) is 11.4 Å². The van der Waals surface area contributed by atoms with Gasteiger partial charge < -0.3 is 15.0 Å². The molecule has 0 aliphatic carbocycles. The maximum absolute atomic E-state index is 14.3. The second kappa shape index (κ2) is 11.2. The number of aryl methyl sites for hydroxylation is 1. The van der Waals surface area contributed by atoms with Crippen molar-refractivity contribution in [2.45, 2.75) is 20.0 Å². The van der Waals surface area contributed by atoms with Crippen LogP contribution in [-0.4, -0.2) is 52.4 Å². The van der Waals surface area contributed by atoms with Crippen LogP contribution in [0.5, 0.6) is 5.88 Å². The van der Waals surface area contributed by atoms with Gasteiger partial charge in [-0.15, -0.1) is 0 Å². The third-order valence-electron chi connectivity index (χ3n) is 7.16. The molecule has 1 fully saturated rings. The van der Waals surface area contributed by atoms with Crippen molar-refractivity contribution in [3.05, 3.63) is 77.0 Å². The van der Waals surface area contributed by atoms with Crippen LogP contribution in [0.3, 0.4) is 0 Å². The summed E-state index contributed by atoms with van der Waals surface area (Å²) in [5, 5.41) is 3.80. The van der Waals surface area contributed by atoms with E-state index < -0.39 is 17.4 Å². The van der Waals surface area contributed by atoms with Crippen LogP contribution in [0.2, 0.25) is 0 Å². The van der Waals surface area contributed by atoms with Crippen molar-refractivity contribution >= 4 is 27.6 Å². The lowest BCUT2D eigenvalue weighted by atomic mass is 10.0. The Hall–Kier alpha value is -4.38. The summed E-state index contributed by atoms with van der Waals surface area (Å²) in [5.41, 5.74) is 2.27. The Morgan fingerprint density at radius 3 is 2.32 bits per heavy atom. The smallest absolute Gasteiger partial charge is 0.418 e. The fourth-order valence-electron chi connectivity index (χ4n) is 5.16. The van der Waals surface area contributed by atoms with Gasteiger partial charge in [-0.25, -0.2) is 9.78 Å². The number of anilines is 1. The number of fused-ring (bicyclic) bond motifs is 3. The minimum Gasteiger partial charge on any atom is -0.481 e. The number of rotatable bonds is 4. The van der Waals surface area contributed by atoms with Gasteiger partial charge in [0.25, 0.3) is 0 Å². The van der Waals surface area contributed by atoms with Gasteiger partial charge in [0.05, 0.1) is 41.1 Å². The number of alkyl halides is 3. The summed E-state index contributed by atoms with van der Waals surface area (Å²) >= 11 is 0. The van der Waals surface area contributed by atoms with Gasteiger partial charge >= 0.3 is 11.9 Å². The summed E-state index contributed by atoms with van der Waals surface area (Å²) < 4.78 is 50.8. The Labute approximate surface area is 235 Å². The summed E-state index contributed by atoms with van der Waals surface area (Å²) in [5.74, 6) is 0.477. The standard InChI is InChI=1S/C28H25F3N6O2.C2H6/c1-35-24-16-33-22-6-3-17(18-4-8-25(39-2)34-15-18)13-20(22)26(24)37(27(35)38)19-5-7-23(21(14-19)28(29,30)31)36-11-9-32-10-12-36;1-2/h3-8,13-16,32H,9-12H2,1-2H3;1-2H3. The number of hydrogen-bond acceptors (Lipinski definition) is 6. The van der Waals surface area contributed by atoms with Crippen molar-refractivity contribution < 1.29 is 17.9 Å². The fraction of sp³-hybridized carbons (Fsp3) is 0.300. The Morgan fingerprint density at radius 2 is 1.66 bits per heavy atom. The monoisotopic (exact) mass is 564 g/mol. The molecule has 0 unspecified atom stereocenters. The molecule has 0 saturated carbocycles. The second-order valence-electron chi connectivity index (χ2n) is 9.43. The van der Waals surface area contributed by atoms with Crippen LogP contribution in [0.25, 0.3) is 38.8 Å². The van der Waals surface area contributed by atoms with Gasteiger partial charge in [0.15, 0.2) is 0 Å². The van der Waals surface area contributed by atoms with Crippen LogP contribution in [0, 0.1) is 0 Å². The molecule has 0 bridgehead atoms. The highest BCUT2D eigenvalue weighted by molar-refractivity contribution is 6.04. The molecule has 6 rings (SSSR count). The topological polar surface area (TPSA) is 77.2 Å². The Morgan fingerprint density at radius 1 is 0.927 bits per heavy atom. The molecule has 0 atom stereocenters. The molecule has 0 amide bonds. The zero-order valence-electron chi connectivity index (χ0n) is 23.3. The Balaban J connectivity index is 0.00000165. The van der Waals surface area contributed by atoms with Crippen molar-refractivity contribution in [1.29, 1.82) is 0 Å². The van der Waals surface area contributed by atoms with Crippen LogP contribution >= 0.6 is 0 Å². The number of piperazine rings is 1. The van der Waals surface area contributed by atoms with Crippen LogP contribution in [0.1, 0.15) is 19.4 Å². The number of nitrogens with zero attached hydrogens (tertiary/aromatic N) is 5. The third kappa shape index (κ3) is 5.13. The van der Waals surface area contributed by atoms with E-state index in [1.807, 2.05) is 38.1 Å². The number of methoxy groups -OCH3 is 1. The van der Waals surface area contributed by atoms with E-state index in [0.717, 1.165) is 17.2 Å². The quantitative estimate of drug-likeness (QED) is 0.315. The predicted octanol–water partition coefficient (Wildman–Crippen LogP) is 5.40. The number of hydrogen-bond donors (Lipinski definition) is 1. The highest BCUT2D eigenvalue weighted by atomic mass is 19.4. The van der Waals surface area contributed by atoms with E-state index >= 15 is 0 Å². The largest absolute Gasteiger partial charge is 0.481 e. The van der Waals surface area contributed by atoms with E-state index in [0.29, 0.717) is 54.0 Å². The minimum absolute atomic E-state index is 0.113. The van der Waals surface area contributed by atoms with Crippen LogP contribution in [0.15, 0.2) is 65.7 Å². The predicted molar refractivity (Wildman–Crippen MR) is 155 cm³/mol. The van der Waals surface area contributed by atoms with Crippen molar-refractivity contribution in [3.8, 4) is 22.7 Å². The number of imidazole rings is 1. The molecule has 2 aromatic carbocycles. The zero-order valence-corrected chi connectivity index (χ0v) is 23.3. The van der Waals surface area contributed by atoms with Gasteiger partial charge in [-0.05, 0) is 42.0 Å². The summed E-state index contributed by atoms with van der Waals surface area (Å²) in [4.78, 5) is 24.0. The first-order chi connectivity index (χ1) is 19.8. The van der Waals surface area contributed by atoms with E-state index in [2.05, 4.69) is 15.3 Å². The molecular weight excluding hydrogens is 533 g/mol. The number of aromatic nitrogens is 4. The molecule has 4 heterocycles. The summed E-state index contributed by atoms with van der Waals surface area (Å²) in [6.45, 7) is 6.14. The van der Waals surface area contributed by atoms with E-state index in [1.54, 1.807) is 36.5 Å². The first-order valence-electron chi connectivity index (χ1n) is 13.4. The first-order valence-corrected chi connectivity index (χ1v) is 13.4. The molecule has 5 aromatic rings. The van der Waals surface area contributed by atoms with E-state index in [4.69, 9.17) is 4.74 Å².